The summed E-state index contributed by atoms with van der Waals surface area (Å²) in [5.41, 5.74) is 0.991. The third kappa shape index (κ3) is 5.32. The Morgan fingerprint density at radius 3 is 2.62 bits per heavy atom. The predicted molar refractivity (Wildman–Crippen MR) is 85.9 cm³/mol. The van der Waals surface area contributed by atoms with Gasteiger partial charge in [-0.15, -0.1) is 11.8 Å². The standard InChI is InChI=1S/C16H23FN2OS/c1-13(2)21-12-16(20)19-8-6-18(7-9-19)11-14-4-3-5-15(17)10-14/h3-5,10,13H,6-9,11-12H2,1-2H3. The van der Waals surface area contributed by atoms with E-state index in [0.29, 0.717) is 11.0 Å². The average molecular weight is 310 g/mol. The van der Waals surface area contributed by atoms with Gasteiger partial charge in [-0.25, -0.2) is 4.39 Å². The highest BCUT2D eigenvalue weighted by molar-refractivity contribution is 8.00. The fourth-order valence-electron chi connectivity index (χ4n) is 2.38. The van der Waals surface area contributed by atoms with Crippen LogP contribution in [0.25, 0.3) is 0 Å². The van der Waals surface area contributed by atoms with Crippen LogP contribution < -0.4 is 0 Å². The van der Waals surface area contributed by atoms with Gasteiger partial charge in [0.1, 0.15) is 5.82 Å². The number of rotatable bonds is 5. The summed E-state index contributed by atoms with van der Waals surface area (Å²) in [5.74, 6) is 0.618. The van der Waals surface area contributed by atoms with Gasteiger partial charge in [-0.05, 0) is 22.9 Å². The number of nitrogens with zero attached hydrogens (tertiary/aromatic N) is 2. The van der Waals surface area contributed by atoms with Gasteiger partial charge < -0.3 is 4.90 Å². The second-order valence-electron chi connectivity index (χ2n) is 5.65. The van der Waals surface area contributed by atoms with Crippen molar-refractivity contribution >= 4 is 17.7 Å². The fraction of sp³-hybridized carbons (Fsp3) is 0.562. The van der Waals surface area contributed by atoms with Gasteiger partial charge in [-0.3, -0.25) is 9.69 Å². The van der Waals surface area contributed by atoms with Gasteiger partial charge >= 0.3 is 0 Å². The maximum absolute atomic E-state index is 13.2. The minimum atomic E-state index is -0.188. The number of amides is 1. The van der Waals surface area contributed by atoms with Crippen LogP contribution in [-0.4, -0.2) is 52.9 Å². The highest BCUT2D eigenvalue weighted by atomic mass is 32.2. The zero-order valence-corrected chi connectivity index (χ0v) is 13.5. The van der Waals surface area contributed by atoms with E-state index in [-0.39, 0.29) is 11.7 Å². The first-order valence-electron chi connectivity index (χ1n) is 7.41. The lowest BCUT2D eigenvalue weighted by atomic mass is 10.2. The summed E-state index contributed by atoms with van der Waals surface area (Å²) in [6.07, 6.45) is 0. The highest BCUT2D eigenvalue weighted by Crippen LogP contribution is 2.13. The summed E-state index contributed by atoms with van der Waals surface area (Å²) in [7, 11) is 0. The molecule has 116 valence electrons. The molecule has 1 fully saturated rings. The van der Waals surface area contributed by atoms with E-state index < -0.39 is 0 Å². The van der Waals surface area contributed by atoms with Gasteiger partial charge in [0, 0.05) is 32.7 Å². The van der Waals surface area contributed by atoms with Crippen molar-refractivity contribution in [2.45, 2.75) is 25.6 Å². The minimum absolute atomic E-state index is 0.188. The molecule has 5 heteroatoms. The predicted octanol–water partition coefficient (Wildman–Crippen LogP) is 2.61. The summed E-state index contributed by atoms with van der Waals surface area (Å²) >= 11 is 1.69. The zero-order chi connectivity index (χ0) is 15.2. The molecular formula is C16H23FN2OS. The van der Waals surface area contributed by atoms with Crippen LogP contribution in [0.3, 0.4) is 0 Å². The number of carbonyl (C=O) groups excluding carboxylic acids is 1. The van der Waals surface area contributed by atoms with E-state index >= 15 is 0 Å². The first-order chi connectivity index (χ1) is 10.0. The Morgan fingerprint density at radius 2 is 2.00 bits per heavy atom. The molecule has 2 rings (SSSR count). The Bertz CT molecular complexity index is 473. The molecule has 1 amide bonds. The molecule has 21 heavy (non-hydrogen) atoms. The summed E-state index contributed by atoms with van der Waals surface area (Å²) in [6.45, 7) is 8.22. The van der Waals surface area contributed by atoms with E-state index in [1.807, 2.05) is 11.0 Å². The quantitative estimate of drug-likeness (QED) is 0.835. The van der Waals surface area contributed by atoms with Crippen LogP contribution in [0.2, 0.25) is 0 Å². The Labute approximate surface area is 130 Å². The SMILES string of the molecule is CC(C)SCC(=O)N1CCN(Cc2cccc(F)c2)CC1. The average Bonchev–Trinajstić information content (AvgIpc) is 2.45. The van der Waals surface area contributed by atoms with Crippen LogP contribution >= 0.6 is 11.8 Å². The van der Waals surface area contributed by atoms with Gasteiger partial charge in [-0.2, -0.15) is 0 Å². The lowest BCUT2D eigenvalue weighted by Gasteiger charge is -2.34. The number of carbonyl (C=O) groups is 1. The van der Waals surface area contributed by atoms with Crippen molar-refractivity contribution in [3.05, 3.63) is 35.6 Å². The Kier molecular flexibility index (Phi) is 6.06. The maximum atomic E-state index is 13.2. The van der Waals surface area contributed by atoms with Crippen LogP contribution in [0, 0.1) is 5.82 Å². The minimum Gasteiger partial charge on any atom is -0.339 e. The monoisotopic (exact) mass is 310 g/mol. The molecule has 3 nitrogen and oxygen atoms in total. The molecule has 1 aliphatic heterocycles. The summed E-state index contributed by atoms with van der Waals surface area (Å²) in [5, 5.41) is 0.489. The maximum Gasteiger partial charge on any atom is 0.232 e. The number of hydrogen-bond acceptors (Lipinski definition) is 3. The van der Waals surface area contributed by atoms with Crippen LogP contribution in [0.15, 0.2) is 24.3 Å². The molecule has 1 aromatic rings. The van der Waals surface area contributed by atoms with E-state index in [4.69, 9.17) is 0 Å². The third-order valence-electron chi connectivity index (χ3n) is 3.56. The van der Waals surface area contributed by atoms with Crippen molar-refractivity contribution < 1.29 is 9.18 Å². The Hall–Kier alpha value is -1.07. The van der Waals surface area contributed by atoms with Crippen LogP contribution in [0.5, 0.6) is 0 Å². The largest absolute Gasteiger partial charge is 0.339 e. The van der Waals surface area contributed by atoms with E-state index in [1.165, 1.54) is 6.07 Å². The summed E-state index contributed by atoms with van der Waals surface area (Å²) in [6, 6.07) is 6.73. The van der Waals surface area contributed by atoms with Crippen molar-refractivity contribution in [2.75, 3.05) is 31.9 Å². The first kappa shape index (κ1) is 16.3. The molecule has 0 atom stereocenters. The second kappa shape index (κ2) is 7.80. The van der Waals surface area contributed by atoms with Gasteiger partial charge in [0.2, 0.25) is 5.91 Å². The molecule has 1 heterocycles. The number of thioether (sulfide) groups is 1. The molecule has 0 aromatic heterocycles. The fourth-order valence-corrected chi connectivity index (χ4v) is 3.04. The molecule has 1 saturated heterocycles. The van der Waals surface area contributed by atoms with Crippen molar-refractivity contribution in [1.82, 2.24) is 9.80 Å². The number of benzene rings is 1. The molecule has 0 unspecified atom stereocenters. The third-order valence-corrected chi connectivity index (χ3v) is 4.64. The lowest BCUT2D eigenvalue weighted by Crippen LogP contribution is -2.48. The first-order valence-corrected chi connectivity index (χ1v) is 8.45. The molecular weight excluding hydrogens is 287 g/mol. The van der Waals surface area contributed by atoms with Crippen molar-refractivity contribution in [2.24, 2.45) is 0 Å². The normalized spacial score (nSPS) is 16.5. The summed E-state index contributed by atoms with van der Waals surface area (Å²) in [4.78, 5) is 16.3. The number of hydrogen-bond donors (Lipinski definition) is 0. The topological polar surface area (TPSA) is 23.6 Å². The Balaban J connectivity index is 1.76. The van der Waals surface area contributed by atoms with Crippen molar-refractivity contribution in [3.63, 3.8) is 0 Å². The van der Waals surface area contributed by atoms with E-state index in [9.17, 15) is 9.18 Å². The van der Waals surface area contributed by atoms with Crippen LogP contribution in [0.4, 0.5) is 4.39 Å². The molecule has 0 aliphatic carbocycles. The highest BCUT2D eigenvalue weighted by Gasteiger charge is 2.21. The number of halogens is 1. The molecule has 1 aromatic carbocycles. The van der Waals surface area contributed by atoms with Gasteiger partial charge in [0.05, 0.1) is 5.75 Å². The van der Waals surface area contributed by atoms with E-state index in [2.05, 4.69) is 18.7 Å². The second-order valence-corrected chi connectivity index (χ2v) is 7.21. The molecule has 0 spiro atoms. The molecule has 1 aliphatic rings. The number of piperazine rings is 1. The molecule has 0 saturated carbocycles. The van der Waals surface area contributed by atoms with Gasteiger partial charge in [0.25, 0.3) is 0 Å². The van der Waals surface area contributed by atoms with E-state index in [1.54, 1.807) is 23.9 Å². The Morgan fingerprint density at radius 1 is 1.29 bits per heavy atom. The summed E-state index contributed by atoms with van der Waals surface area (Å²) < 4.78 is 13.2. The van der Waals surface area contributed by atoms with Gasteiger partial charge in [0.15, 0.2) is 0 Å². The molecule has 0 bridgehead atoms. The smallest absolute Gasteiger partial charge is 0.232 e. The van der Waals surface area contributed by atoms with Crippen molar-refractivity contribution in [1.29, 1.82) is 0 Å². The molecule has 0 N–H and O–H groups in total. The zero-order valence-electron chi connectivity index (χ0n) is 12.7. The van der Waals surface area contributed by atoms with Gasteiger partial charge in [-0.1, -0.05) is 26.0 Å². The lowest BCUT2D eigenvalue weighted by molar-refractivity contribution is -0.130. The van der Waals surface area contributed by atoms with Crippen LogP contribution in [-0.2, 0) is 11.3 Å². The van der Waals surface area contributed by atoms with Crippen LogP contribution in [0.1, 0.15) is 19.4 Å². The molecule has 0 radical (unpaired) electrons. The van der Waals surface area contributed by atoms with E-state index in [0.717, 1.165) is 38.3 Å². The van der Waals surface area contributed by atoms with Crippen molar-refractivity contribution in [3.8, 4) is 0 Å².